The van der Waals surface area contributed by atoms with Crippen molar-refractivity contribution in [3.8, 4) is 0 Å². The lowest BCUT2D eigenvalue weighted by atomic mass is 9.83. The van der Waals surface area contributed by atoms with Gasteiger partial charge in [-0.25, -0.2) is 0 Å². The number of amides is 1. The van der Waals surface area contributed by atoms with Crippen LogP contribution in [0.1, 0.15) is 25.8 Å². The second-order valence-corrected chi connectivity index (χ2v) is 6.20. The lowest BCUT2D eigenvalue weighted by Gasteiger charge is -2.29. The van der Waals surface area contributed by atoms with Crippen LogP contribution >= 0.6 is 15.9 Å². The Labute approximate surface area is 117 Å². The Morgan fingerprint density at radius 2 is 2.06 bits per heavy atom. The zero-order chi connectivity index (χ0) is 13.2. The van der Waals surface area contributed by atoms with E-state index < -0.39 is 5.41 Å². The molecule has 1 aliphatic heterocycles. The van der Waals surface area contributed by atoms with Crippen molar-refractivity contribution in [1.29, 1.82) is 0 Å². The summed E-state index contributed by atoms with van der Waals surface area (Å²) in [6.07, 6.45) is 1.11. The van der Waals surface area contributed by atoms with Crippen molar-refractivity contribution in [2.75, 3.05) is 18.4 Å². The number of alkyl halides is 1. The first-order valence-electron chi connectivity index (χ1n) is 6.46. The van der Waals surface area contributed by atoms with Gasteiger partial charge in [0.1, 0.15) is 0 Å². The number of likely N-dealkylation sites (tertiary alicyclic amines) is 1. The molecule has 18 heavy (non-hydrogen) atoms. The Bertz CT molecular complexity index is 416. The van der Waals surface area contributed by atoms with Gasteiger partial charge in [-0.15, -0.1) is 0 Å². The summed E-state index contributed by atoms with van der Waals surface area (Å²) in [5.41, 5.74) is 0.667. The molecule has 0 saturated carbocycles. The Morgan fingerprint density at radius 3 is 2.61 bits per heavy atom. The third-order valence-corrected chi connectivity index (χ3v) is 4.74. The fourth-order valence-corrected chi connectivity index (χ4v) is 3.05. The SMILES string of the molecule is CC(C)(C(=O)N1CCC(CBr)C1)c1ccccc1. The predicted octanol–water partition coefficient (Wildman–Crippen LogP) is 3.21. The molecule has 2 nitrogen and oxygen atoms in total. The number of benzene rings is 1. The van der Waals surface area contributed by atoms with E-state index in [0.29, 0.717) is 5.92 Å². The van der Waals surface area contributed by atoms with Crippen molar-refractivity contribution in [2.45, 2.75) is 25.7 Å². The molecule has 1 aromatic carbocycles. The first-order chi connectivity index (χ1) is 8.55. The minimum Gasteiger partial charge on any atom is -0.342 e. The fraction of sp³-hybridized carbons (Fsp3) is 0.533. The van der Waals surface area contributed by atoms with Gasteiger partial charge in [0.25, 0.3) is 0 Å². The van der Waals surface area contributed by atoms with E-state index >= 15 is 0 Å². The van der Waals surface area contributed by atoms with Gasteiger partial charge in [0.2, 0.25) is 5.91 Å². The molecule has 0 N–H and O–H groups in total. The third-order valence-electron chi connectivity index (χ3n) is 3.82. The number of hydrogen-bond donors (Lipinski definition) is 0. The largest absolute Gasteiger partial charge is 0.342 e. The van der Waals surface area contributed by atoms with Gasteiger partial charge in [0.05, 0.1) is 5.41 Å². The number of halogens is 1. The Morgan fingerprint density at radius 1 is 1.39 bits per heavy atom. The normalized spacial score (nSPS) is 20.2. The zero-order valence-electron chi connectivity index (χ0n) is 11.0. The van der Waals surface area contributed by atoms with E-state index in [4.69, 9.17) is 0 Å². The van der Waals surface area contributed by atoms with Crippen LogP contribution in [0.4, 0.5) is 0 Å². The van der Waals surface area contributed by atoms with Crippen LogP contribution in [0.25, 0.3) is 0 Å². The highest BCUT2D eigenvalue weighted by molar-refractivity contribution is 9.09. The molecule has 1 unspecified atom stereocenters. The van der Waals surface area contributed by atoms with Crippen LogP contribution in [-0.2, 0) is 10.2 Å². The summed E-state index contributed by atoms with van der Waals surface area (Å²) in [6, 6.07) is 10.1. The number of nitrogens with zero attached hydrogens (tertiary/aromatic N) is 1. The highest BCUT2D eigenvalue weighted by Crippen LogP contribution is 2.28. The second kappa shape index (κ2) is 5.43. The van der Waals surface area contributed by atoms with Gasteiger partial charge in [0.15, 0.2) is 0 Å². The van der Waals surface area contributed by atoms with Crippen LogP contribution in [0.2, 0.25) is 0 Å². The number of hydrogen-bond acceptors (Lipinski definition) is 1. The van der Waals surface area contributed by atoms with Crippen LogP contribution in [0.3, 0.4) is 0 Å². The molecule has 98 valence electrons. The summed E-state index contributed by atoms with van der Waals surface area (Å²) in [6.45, 7) is 5.82. The van der Waals surface area contributed by atoms with Crippen LogP contribution in [0.5, 0.6) is 0 Å². The van der Waals surface area contributed by atoms with Gasteiger partial charge in [-0.3, -0.25) is 4.79 Å². The van der Waals surface area contributed by atoms with Crippen LogP contribution in [0, 0.1) is 5.92 Å². The lowest BCUT2D eigenvalue weighted by Crippen LogP contribution is -2.42. The first-order valence-corrected chi connectivity index (χ1v) is 7.58. The molecule has 2 rings (SSSR count). The van der Waals surface area contributed by atoms with E-state index in [1.165, 1.54) is 0 Å². The Hall–Kier alpha value is -0.830. The maximum atomic E-state index is 12.6. The molecule has 0 aromatic heterocycles. The van der Waals surface area contributed by atoms with E-state index in [0.717, 1.165) is 30.4 Å². The summed E-state index contributed by atoms with van der Waals surface area (Å²) in [5.74, 6) is 0.859. The molecule has 0 spiro atoms. The summed E-state index contributed by atoms with van der Waals surface area (Å²) in [5, 5.41) is 0.989. The molecule has 1 heterocycles. The zero-order valence-corrected chi connectivity index (χ0v) is 12.6. The molecule has 0 radical (unpaired) electrons. The van der Waals surface area contributed by atoms with Gasteiger partial charge in [-0.2, -0.15) is 0 Å². The second-order valence-electron chi connectivity index (χ2n) is 5.55. The number of carbonyl (C=O) groups is 1. The average molecular weight is 310 g/mol. The monoisotopic (exact) mass is 309 g/mol. The molecular formula is C15H20BrNO. The van der Waals surface area contributed by atoms with Crippen molar-refractivity contribution in [3.05, 3.63) is 35.9 Å². The van der Waals surface area contributed by atoms with E-state index in [2.05, 4.69) is 15.9 Å². The van der Waals surface area contributed by atoms with E-state index in [1.54, 1.807) is 0 Å². The van der Waals surface area contributed by atoms with Gasteiger partial charge >= 0.3 is 0 Å². The van der Waals surface area contributed by atoms with Gasteiger partial charge in [-0.1, -0.05) is 46.3 Å². The molecule has 1 saturated heterocycles. The van der Waals surface area contributed by atoms with Crippen LogP contribution in [-0.4, -0.2) is 29.2 Å². The van der Waals surface area contributed by atoms with Crippen molar-refractivity contribution < 1.29 is 4.79 Å². The summed E-state index contributed by atoms with van der Waals surface area (Å²) in [4.78, 5) is 14.7. The fourth-order valence-electron chi connectivity index (χ4n) is 2.52. The molecule has 0 bridgehead atoms. The third kappa shape index (κ3) is 2.61. The minimum atomic E-state index is -0.428. The number of rotatable bonds is 3. The molecule has 1 amide bonds. The highest BCUT2D eigenvalue weighted by Gasteiger charge is 2.36. The topological polar surface area (TPSA) is 20.3 Å². The van der Waals surface area contributed by atoms with E-state index in [9.17, 15) is 4.79 Å². The molecule has 1 aromatic rings. The Balaban J connectivity index is 2.13. The predicted molar refractivity (Wildman–Crippen MR) is 77.9 cm³/mol. The highest BCUT2D eigenvalue weighted by atomic mass is 79.9. The average Bonchev–Trinajstić information content (AvgIpc) is 2.87. The molecule has 0 aliphatic carbocycles. The van der Waals surface area contributed by atoms with Crippen LogP contribution < -0.4 is 0 Å². The maximum Gasteiger partial charge on any atom is 0.232 e. The minimum absolute atomic E-state index is 0.247. The lowest BCUT2D eigenvalue weighted by molar-refractivity contribution is -0.135. The quantitative estimate of drug-likeness (QED) is 0.785. The summed E-state index contributed by atoms with van der Waals surface area (Å²) in [7, 11) is 0. The van der Waals surface area contributed by atoms with E-state index in [1.807, 2.05) is 49.1 Å². The van der Waals surface area contributed by atoms with Crippen molar-refractivity contribution in [3.63, 3.8) is 0 Å². The van der Waals surface area contributed by atoms with Crippen molar-refractivity contribution in [1.82, 2.24) is 4.90 Å². The van der Waals surface area contributed by atoms with Crippen molar-refractivity contribution >= 4 is 21.8 Å². The molecular weight excluding hydrogens is 290 g/mol. The molecule has 1 atom stereocenters. The Kier molecular flexibility index (Phi) is 4.10. The summed E-state index contributed by atoms with van der Waals surface area (Å²) < 4.78 is 0. The smallest absolute Gasteiger partial charge is 0.232 e. The number of carbonyl (C=O) groups excluding carboxylic acids is 1. The molecule has 3 heteroatoms. The van der Waals surface area contributed by atoms with E-state index in [-0.39, 0.29) is 5.91 Å². The van der Waals surface area contributed by atoms with Crippen molar-refractivity contribution in [2.24, 2.45) is 5.92 Å². The maximum absolute atomic E-state index is 12.6. The van der Waals surface area contributed by atoms with Gasteiger partial charge < -0.3 is 4.90 Å². The molecule has 1 fully saturated rings. The van der Waals surface area contributed by atoms with Gasteiger partial charge in [-0.05, 0) is 31.7 Å². The first kappa shape index (κ1) is 13.6. The molecule has 1 aliphatic rings. The standard InChI is InChI=1S/C15H20BrNO/c1-15(2,13-6-4-3-5-7-13)14(18)17-9-8-12(10-16)11-17/h3-7,12H,8-11H2,1-2H3. The van der Waals surface area contributed by atoms with Crippen LogP contribution in [0.15, 0.2) is 30.3 Å². The van der Waals surface area contributed by atoms with Gasteiger partial charge in [0, 0.05) is 18.4 Å². The summed E-state index contributed by atoms with van der Waals surface area (Å²) >= 11 is 3.51.